The van der Waals surface area contributed by atoms with Crippen LogP contribution in [-0.4, -0.2) is 30.2 Å². The quantitative estimate of drug-likeness (QED) is 0.897. The lowest BCUT2D eigenvalue weighted by Crippen LogP contribution is -2.44. The minimum atomic E-state index is 0.183. The molecule has 0 aliphatic carbocycles. The van der Waals surface area contributed by atoms with Crippen molar-refractivity contribution >= 4 is 5.82 Å². The smallest absolute Gasteiger partial charge is 0.128 e. The number of nitrogens with zero attached hydrogens (tertiary/aromatic N) is 2. The molecule has 2 saturated heterocycles. The predicted molar refractivity (Wildman–Crippen MR) is 84.3 cm³/mol. The molecule has 2 unspecified atom stereocenters. The van der Waals surface area contributed by atoms with E-state index >= 15 is 0 Å². The van der Waals surface area contributed by atoms with E-state index in [0.717, 1.165) is 12.4 Å². The first kappa shape index (κ1) is 13.9. The maximum absolute atomic E-state index is 4.75. The largest absolute Gasteiger partial charge is 0.352 e. The molecule has 0 bridgehead atoms. The van der Waals surface area contributed by atoms with Crippen LogP contribution >= 0.6 is 0 Å². The molecule has 0 spiro atoms. The summed E-state index contributed by atoms with van der Waals surface area (Å²) in [7, 11) is 0. The van der Waals surface area contributed by atoms with Crippen molar-refractivity contribution in [3.8, 4) is 0 Å². The summed E-state index contributed by atoms with van der Waals surface area (Å²) >= 11 is 0. The van der Waals surface area contributed by atoms with Crippen molar-refractivity contribution in [1.29, 1.82) is 0 Å². The van der Waals surface area contributed by atoms with Crippen LogP contribution in [0.1, 0.15) is 52.0 Å². The molecule has 0 amide bonds. The van der Waals surface area contributed by atoms with Crippen molar-refractivity contribution in [3.05, 3.63) is 23.9 Å². The van der Waals surface area contributed by atoms with Gasteiger partial charge in [-0.3, -0.25) is 0 Å². The van der Waals surface area contributed by atoms with E-state index in [-0.39, 0.29) is 5.41 Å². The summed E-state index contributed by atoms with van der Waals surface area (Å²) in [6.07, 6.45) is 7.31. The Balaban J connectivity index is 1.77. The van der Waals surface area contributed by atoms with Crippen LogP contribution in [0.3, 0.4) is 0 Å². The highest BCUT2D eigenvalue weighted by Gasteiger charge is 2.33. The van der Waals surface area contributed by atoms with Crippen LogP contribution in [0.15, 0.2) is 18.3 Å². The van der Waals surface area contributed by atoms with Gasteiger partial charge in [-0.1, -0.05) is 26.8 Å². The lowest BCUT2D eigenvalue weighted by Gasteiger charge is -2.31. The van der Waals surface area contributed by atoms with Gasteiger partial charge in [0.2, 0.25) is 0 Å². The molecule has 1 aromatic rings. The third kappa shape index (κ3) is 2.69. The number of pyridine rings is 1. The summed E-state index contributed by atoms with van der Waals surface area (Å²) in [5.74, 6) is 1.16. The minimum absolute atomic E-state index is 0.183. The molecule has 1 N–H and O–H groups in total. The molecular formula is C17H27N3. The van der Waals surface area contributed by atoms with Crippen molar-refractivity contribution in [2.75, 3.05) is 18.0 Å². The molecule has 1 aromatic heterocycles. The fourth-order valence-electron chi connectivity index (χ4n) is 3.53. The van der Waals surface area contributed by atoms with Crippen molar-refractivity contribution in [3.63, 3.8) is 0 Å². The predicted octanol–water partition coefficient (Wildman–Crippen LogP) is 3.10. The first-order valence-electron chi connectivity index (χ1n) is 8.02. The first-order chi connectivity index (χ1) is 9.55. The van der Waals surface area contributed by atoms with Crippen molar-refractivity contribution in [2.24, 2.45) is 0 Å². The molecule has 110 valence electrons. The number of hydrogen-bond acceptors (Lipinski definition) is 3. The molecule has 0 radical (unpaired) electrons. The summed E-state index contributed by atoms with van der Waals surface area (Å²) in [5, 5.41) is 3.66. The van der Waals surface area contributed by atoms with Crippen LogP contribution in [0.4, 0.5) is 5.82 Å². The molecule has 2 atom stereocenters. The molecule has 0 aromatic carbocycles. The molecule has 2 aliphatic heterocycles. The number of rotatable bonds is 2. The van der Waals surface area contributed by atoms with Gasteiger partial charge in [-0.25, -0.2) is 4.98 Å². The third-order valence-electron chi connectivity index (χ3n) is 4.77. The lowest BCUT2D eigenvalue weighted by atomic mass is 9.88. The summed E-state index contributed by atoms with van der Waals surface area (Å²) in [6, 6.07) is 5.78. The van der Waals surface area contributed by atoms with Gasteiger partial charge in [-0.2, -0.15) is 0 Å². The summed E-state index contributed by atoms with van der Waals surface area (Å²) in [4.78, 5) is 7.27. The fraction of sp³-hybridized carbons (Fsp3) is 0.706. The van der Waals surface area contributed by atoms with Crippen molar-refractivity contribution < 1.29 is 0 Å². The van der Waals surface area contributed by atoms with Crippen molar-refractivity contribution in [2.45, 2.75) is 64.0 Å². The van der Waals surface area contributed by atoms with Gasteiger partial charge in [0.25, 0.3) is 0 Å². The topological polar surface area (TPSA) is 28.2 Å². The fourth-order valence-corrected chi connectivity index (χ4v) is 3.53. The minimum Gasteiger partial charge on any atom is -0.352 e. The summed E-state index contributed by atoms with van der Waals surface area (Å²) in [6.45, 7) is 9.07. The van der Waals surface area contributed by atoms with Gasteiger partial charge >= 0.3 is 0 Å². The van der Waals surface area contributed by atoms with Crippen molar-refractivity contribution in [1.82, 2.24) is 10.3 Å². The van der Waals surface area contributed by atoms with Gasteiger partial charge in [0, 0.05) is 24.8 Å². The highest BCUT2D eigenvalue weighted by atomic mass is 15.3. The number of nitrogens with one attached hydrogen (secondary N) is 1. The highest BCUT2D eigenvalue weighted by molar-refractivity contribution is 5.43. The number of hydrogen-bond donors (Lipinski definition) is 1. The van der Waals surface area contributed by atoms with E-state index in [2.05, 4.69) is 49.3 Å². The SMILES string of the molecule is CC(C)(C)c1ccc(N2CCCC2C2CCCN2)nc1. The van der Waals surface area contributed by atoms with Gasteiger partial charge < -0.3 is 10.2 Å². The maximum atomic E-state index is 4.75. The molecule has 20 heavy (non-hydrogen) atoms. The van der Waals surface area contributed by atoms with Gasteiger partial charge in [-0.05, 0) is 49.3 Å². The standard InChI is InChI=1S/C17H27N3/c1-17(2,3)13-8-9-16(19-12-13)20-11-5-7-15(20)14-6-4-10-18-14/h8-9,12,14-15,18H,4-7,10-11H2,1-3H3. The normalized spacial score (nSPS) is 27.2. The Morgan fingerprint density at radius 1 is 1.20 bits per heavy atom. The Labute approximate surface area is 122 Å². The second-order valence-electron chi connectivity index (χ2n) is 7.26. The van der Waals surface area contributed by atoms with E-state index in [1.165, 1.54) is 37.8 Å². The Kier molecular flexibility index (Phi) is 3.72. The number of aromatic nitrogens is 1. The van der Waals surface area contributed by atoms with Crippen LogP contribution < -0.4 is 10.2 Å². The van der Waals surface area contributed by atoms with Crippen LogP contribution in [-0.2, 0) is 5.41 Å². The van der Waals surface area contributed by atoms with Gasteiger partial charge in [0.15, 0.2) is 0 Å². The average Bonchev–Trinajstić information content (AvgIpc) is 3.08. The van der Waals surface area contributed by atoms with E-state index in [9.17, 15) is 0 Å². The van der Waals surface area contributed by atoms with E-state index in [1.807, 2.05) is 0 Å². The van der Waals surface area contributed by atoms with Crippen LogP contribution in [0.2, 0.25) is 0 Å². The zero-order valence-electron chi connectivity index (χ0n) is 13.0. The maximum Gasteiger partial charge on any atom is 0.128 e. The van der Waals surface area contributed by atoms with E-state index in [4.69, 9.17) is 4.98 Å². The molecule has 2 fully saturated rings. The van der Waals surface area contributed by atoms with E-state index < -0.39 is 0 Å². The van der Waals surface area contributed by atoms with Gasteiger partial charge in [0.05, 0.1) is 0 Å². The Hall–Kier alpha value is -1.09. The zero-order chi connectivity index (χ0) is 14.2. The summed E-state index contributed by atoms with van der Waals surface area (Å²) in [5.41, 5.74) is 1.50. The van der Waals surface area contributed by atoms with Crippen LogP contribution in [0, 0.1) is 0 Å². The lowest BCUT2D eigenvalue weighted by molar-refractivity contribution is 0.480. The molecule has 2 aliphatic rings. The van der Waals surface area contributed by atoms with Crippen LogP contribution in [0.5, 0.6) is 0 Å². The Morgan fingerprint density at radius 3 is 2.65 bits per heavy atom. The monoisotopic (exact) mass is 273 g/mol. The molecular weight excluding hydrogens is 246 g/mol. The van der Waals surface area contributed by atoms with Gasteiger partial charge in [-0.15, -0.1) is 0 Å². The highest BCUT2D eigenvalue weighted by Crippen LogP contribution is 2.30. The second kappa shape index (κ2) is 5.36. The number of anilines is 1. The molecule has 3 heterocycles. The average molecular weight is 273 g/mol. The molecule has 3 rings (SSSR count). The Bertz CT molecular complexity index is 440. The Morgan fingerprint density at radius 2 is 2.05 bits per heavy atom. The van der Waals surface area contributed by atoms with E-state index in [0.29, 0.717) is 12.1 Å². The van der Waals surface area contributed by atoms with E-state index in [1.54, 1.807) is 0 Å². The summed E-state index contributed by atoms with van der Waals surface area (Å²) < 4.78 is 0. The second-order valence-corrected chi connectivity index (χ2v) is 7.26. The molecule has 3 nitrogen and oxygen atoms in total. The third-order valence-corrected chi connectivity index (χ3v) is 4.77. The van der Waals surface area contributed by atoms with Gasteiger partial charge in [0.1, 0.15) is 5.82 Å². The van der Waals surface area contributed by atoms with Crippen LogP contribution in [0.25, 0.3) is 0 Å². The zero-order valence-corrected chi connectivity index (χ0v) is 13.0. The first-order valence-corrected chi connectivity index (χ1v) is 8.02. The molecule has 0 saturated carbocycles. The molecule has 3 heteroatoms.